The number of hydrogen-bond acceptors (Lipinski definition) is 4. The van der Waals surface area contributed by atoms with Crippen molar-refractivity contribution < 1.29 is 19.2 Å². The summed E-state index contributed by atoms with van der Waals surface area (Å²) >= 11 is 0. The summed E-state index contributed by atoms with van der Waals surface area (Å²) in [5.74, 6) is -1.65. The summed E-state index contributed by atoms with van der Waals surface area (Å²) < 4.78 is 0. The third-order valence-corrected chi connectivity index (χ3v) is 4.45. The molecule has 0 aliphatic carbocycles. The van der Waals surface area contributed by atoms with Gasteiger partial charge in [0, 0.05) is 6.42 Å². The van der Waals surface area contributed by atoms with E-state index in [1.807, 2.05) is 20.8 Å². The monoisotopic (exact) mass is 314 g/mol. The summed E-state index contributed by atoms with van der Waals surface area (Å²) in [5.41, 5.74) is 2.63. The molecule has 6 nitrogen and oxygen atoms in total. The number of nitrogens with one attached hydrogen (secondary N) is 1. The van der Waals surface area contributed by atoms with Crippen LogP contribution >= 0.6 is 0 Å². The topological polar surface area (TPSA) is 83.6 Å². The number of amides is 4. The molecule has 0 spiro atoms. The molecule has 120 valence electrons. The van der Waals surface area contributed by atoms with Gasteiger partial charge in [0.05, 0.1) is 11.1 Å². The largest absolute Gasteiger partial charge is 0.295 e. The molecule has 23 heavy (non-hydrogen) atoms. The van der Waals surface area contributed by atoms with E-state index in [-0.39, 0.29) is 24.7 Å². The Bertz CT molecular complexity index is 751. The van der Waals surface area contributed by atoms with Gasteiger partial charge in [-0.2, -0.15) is 0 Å². The molecule has 2 aliphatic heterocycles. The Hall–Kier alpha value is -2.50. The van der Waals surface area contributed by atoms with Crippen molar-refractivity contribution in [1.29, 1.82) is 0 Å². The SMILES string of the molecule is Cc1cc2c(cc1C(C)C)C(=O)N(C1CCC(=O)NC1=O)C2=O. The molecule has 1 aromatic rings. The lowest BCUT2D eigenvalue weighted by molar-refractivity contribution is -0.136. The van der Waals surface area contributed by atoms with E-state index in [9.17, 15) is 19.2 Å². The number of benzene rings is 1. The first-order valence-electron chi connectivity index (χ1n) is 7.67. The fourth-order valence-corrected chi connectivity index (χ4v) is 3.26. The molecular formula is C17H18N2O4. The van der Waals surface area contributed by atoms with Crippen molar-refractivity contribution in [2.75, 3.05) is 0 Å². The first-order chi connectivity index (χ1) is 10.8. The number of carbonyl (C=O) groups is 4. The molecule has 1 N–H and O–H groups in total. The van der Waals surface area contributed by atoms with E-state index in [1.54, 1.807) is 12.1 Å². The predicted molar refractivity (Wildman–Crippen MR) is 81.9 cm³/mol. The number of fused-ring (bicyclic) bond motifs is 1. The minimum atomic E-state index is -0.914. The lowest BCUT2D eigenvalue weighted by atomic mass is 9.93. The fraction of sp³-hybridized carbons (Fsp3) is 0.412. The molecule has 1 fully saturated rings. The van der Waals surface area contributed by atoms with E-state index in [1.165, 1.54) is 0 Å². The summed E-state index contributed by atoms with van der Waals surface area (Å²) in [5, 5.41) is 2.19. The van der Waals surface area contributed by atoms with Gasteiger partial charge in [0.15, 0.2) is 0 Å². The highest BCUT2D eigenvalue weighted by Crippen LogP contribution is 2.31. The molecule has 1 saturated heterocycles. The zero-order chi connectivity index (χ0) is 16.9. The highest BCUT2D eigenvalue weighted by Gasteiger charge is 2.44. The molecule has 4 amide bonds. The van der Waals surface area contributed by atoms with E-state index < -0.39 is 23.8 Å². The number of piperidine rings is 1. The number of aryl methyl sites for hydroxylation is 1. The minimum Gasteiger partial charge on any atom is -0.295 e. The average molecular weight is 314 g/mol. The second-order valence-electron chi connectivity index (χ2n) is 6.36. The van der Waals surface area contributed by atoms with Crippen molar-refractivity contribution in [3.05, 3.63) is 34.4 Å². The number of imide groups is 2. The van der Waals surface area contributed by atoms with Crippen molar-refractivity contribution in [2.24, 2.45) is 0 Å². The molecule has 3 rings (SSSR count). The maximum atomic E-state index is 12.7. The van der Waals surface area contributed by atoms with E-state index in [0.29, 0.717) is 11.1 Å². The minimum absolute atomic E-state index is 0.125. The first-order valence-corrected chi connectivity index (χ1v) is 7.67. The second kappa shape index (κ2) is 5.30. The van der Waals surface area contributed by atoms with Gasteiger partial charge in [-0.1, -0.05) is 13.8 Å². The van der Waals surface area contributed by atoms with Crippen molar-refractivity contribution in [3.63, 3.8) is 0 Å². The van der Waals surface area contributed by atoms with Crippen LogP contribution in [0, 0.1) is 6.92 Å². The smallest absolute Gasteiger partial charge is 0.262 e. The maximum Gasteiger partial charge on any atom is 0.262 e. The number of rotatable bonds is 2. The van der Waals surface area contributed by atoms with Crippen LogP contribution in [0.3, 0.4) is 0 Å². The number of nitrogens with zero attached hydrogens (tertiary/aromatic N) is 1. The fourth-order valence-electron chi connectivity index (χ4n) is 3.26. The third kappa shape index (κ3) is 2.34. The Morgan fingerprint density at radius 1 is 1.09 bits per heavy atom. The molecule has 2 aliphatic rings. The molecule has 0 aromatic heterocycles. The molecule has 1 aromatic carbocycles. The molecule has 1 atom stereocenters. The maximum absolute atomic E-state index is 12.7. The second-order valence-corrected chi connectivity index (χ2v) is 6.36. The quantitative estimate of drug-likeness (QED) is 0.839. The molecule has 6 heteroatoms. The van der Waals surface area contributed by atoms with Crippen LogP contribution in [0.5, 0.6) is 0 Å². The molecule has 2 heterocycles. The molecule has 0 radical (unpaired) electrons. The van der Waals surface area contributed by atoms with Gasteiger partial charge in [-0.3, -0.25) is 29.4 Å². The normalized spacial score (nSPS) is 21.0. The summed E-state index contributed by atoms with van der Waals surface area (Å²) in [7, 11) is 0. The van der Waals surface area contributed by atoms with Gasteiger partial charge in [0.1, 0.15) is 6.04 Å². The van der Waals surface area contributed by atoms with E-state index in [2.05, 4.69) is 5.32 Å². The predicted octanol–water partition coefficient (Wildman–Crippen LogP) is 1.52. The van der Waals surface area contributed by atoms with Gasteiger partial charge in [-0.05, 0) is 42.5 Å². The van der Waals surface area contributed by atoms with Crippen LogP contribution in [0.1, 0.15) is 64.4 Å². The van der Waals surface area contributed by atoms with Crippen LogP contribution in [0.2, 0.25) is 0 Å². The molecule has 0 saturated carbocycles. The van der Waals surface area contributed by atoms with Crippen LogP contribution in [0.15, 0.2) is 12.1 Å². The van der Waals surface area contributed by atoms with Crippen LogP contribution in [0.25, 0.3) is 0 Å². The van der Waals surface area contributed by atoms with E-state index >= 15 is 0 Å². The Kier molecular flexibility index (Phi) is 3.55. The highest BCUT2D eigenvalue weighted by molar-refractivity contribution is 6.23. The van der Waals surface area contributed by atoms with Gasteiger partial charge in [0.25, 0.3) is 11.8 Å². The summed E-state index contributed by atoms with van der Waals surface area (Å²) in [4.78, 5) is 49.5. The lowest BCUT2D eigenvalue weighted by Crippen LogP contribution is -2.54. The van der Waals surface area contributed by atoms with Crippen molar-refractivity contribution >= 4 is 23.6 Å². The van der Waals surface area contributed by atoms with E-state index in [4.69, 9.17) is 0 Å². The van der Waals surface area contributed by atoms with Crippen molar-refractivity contribution in [3.8, 4) is 0 Å². The molecule has 1 unspecified atom stereocenters. The molecular weight excluding hydrogens is 296 g/mol. The van der Waals surface area contributed by atoms with Crippen LogP contribution < -0.4 is 5.32 Å². The van der Waals surface area contributed by atoms with Gasteiger partial charge in [-0.15, -0.1) is 0 Å². The Balaban J connectivity index is 2.01. The summed E-state index contributed by atoms with van der Waals surface area (Å²) in [6.07, 6.45) is 0.298. The Morgan fingerprint density at radius 3 is 2.26 bits per heavy atom. The van der Waals surface area contributed by atoms with Crippen LogP contribution in [-0.2, 0) is 9.59 Å². The van der Waals surface area contributed by atoms with Crippen LogP contribution in [0.4, 0.5) is 0 Å². The Morgan fingerprint density at radius 2 is 1.70 bits per heavy atom. The third-order valence-electron chi connectivity index (χ3n) is 4.45. The number of carbonyl (C=O) groups excluding carboxylic acids is 4. The lowest BCUT2D eigenvalue weighted by Gasteiger charge is -2.27. The van der Waals surface area contributed by atoms with Crippen LogP contribution in [-0.4, -0.2) is 34.6 Å². The summed E-state index contributed by atoms with van der Waals surface area (Å²) in [6.45, 7) is 5.95. The molecule has 0 bridgehead atoms. The van der Waals surface area contributed by atoms with E-state index in [0.717, 1.165) is 16.0 Å². The highest BCUT2D eigenvalue weighted by atomic mass is 16.2. The van der Waals surface area contributed by atoms with Crippen molar-refractivity contribution in [2.45, 2.75) is 45.6 Å². The number of hydrogen-bond donors (Lipinski definition) is 1. The zero-order valence-corrected chi connectivity index (χ0v) is 13.3. The zero-order valence-electron chi connectivity index (χ0n) is 13.3. The van der Waals surface area contributed by atoms with Crippen molar-refractivity contribution in [1.82, 2.24) is 10.2 Å². The van der Waals surface area contributed by atoms with Gasteiger partial charge < -0.3 is 0 Å². The van der Waals surface area contributed by atoms with Gasteiger partial charge >= 0.3 is 0 Å². The standard InChI is InChI=1S/C17H18N2O4/c1-8(2)10-7-12-11(6-9(10)3)16(22)19(17(12)23)13-4-5-14(20)18-15(13)21/h6-8,13H,4-5H2,1-3H3,(H,18,20,21). The summed E-state index contributed by atoms with van der Waals surface area (Å²) in [6, 6.07) is 2.56. The first kappa shape index (κ1) is 15.4. The average Bonchev–Trinajstić information content (AvgIpc) is 2.70. The Labute approximate surface area is 133 Å². The van der Waals surface area contributed by atoms with Gasteiger partial charge in [0.2, 0.25) is 11.8 Å². The van der Waals surface area contributed by atoms with Gasteiger partial charge in [-0.25, -0.2) is 0 Å².